The SMILES string of the molecule is CC(C)C(=O)NCCCc1nc2ccccc2n1CC(=O)N(C)C1CCCCC1. The zero-order valence-electron chi connectivity index (χ0n) is 18.0. The van der Waals surface area contributed by atoms with Gasteiger partial charge in [0.15, 0.2) is 0 Å². The third-order valence-electron chi connectivity index (χ3n) is 5.94. The lowest BCUT2D eigenvalue weighted by molar-refractivity contribution is -0.133. The number of aryl methyl sites for hydroxylation is 1. The number of imidazole rings is 1. The van der Waals surface area contributed by atoms with E-state index < -0.39 is 0 Å². The quantitative estimate of drug-likeness (QED) is 0.692. The maximum absolute atomic E-state index is 13.0. The molecule has 0 radical (unpaired) electrons. The zero-order chi connectivity index (χ0) is 20.8. The largest absolute Gasteiger partial charge is 0.356 e. The van der Waals surface area contributed by atoms with Crippen LogP contribution in [0.4, 0.5) is 0 Å². The van der Waals surface area contributed by atoms with E-state index in [1.165, 1.54) is 19.3 Å². The van der Waals surface area contributed by atoms with Crippen molar-refractivity contribution in [2.75, 3.05) is 13.6 Å². The smallest absolute Gasteiger partial charge is 0.242 e. The number of rotatable bonds is 8. The van der Waals surface area contributed by atoms with Gasteiger partial charge in [-0.3, -0.25) is 9.59 Å². The highest BCUT2D eigenvalue weighted by Gasteiger charge is 2.23. The topological polar surface area (TPSA) is 67.2 Å². The van der Waals surface area contributed by atoms with Gasteiger partial charge in [-0.2, -0.15) is 0 Å². The predicted molar refractivity (Wildman–Crippen MR) is 116 cm³/mol. The Morgan fingerprint density at radius 2 is 1.93 bits per heavy atom. The molecule has 1 aromatic carbocycles. The van der Waals surface area contributed by atoms with E-state index in [1.807, 2.05) is 50.1 Å². The first-order valence-electron chi connectivity index (χ1n) is 10.9. The van der Waals surface area contributed by atoms with Gasteiger partial charge in [0.05, 0.1) is 11.0 Å². The summed E-state index contributed by atoms with van der Waals surface area (Å²) in [6.45, 7) is 4.73. The zero-order valence-corrected chi connectivity index (χ0v) is 18.0. The van der Waals surface area contributed by atoms with Crippen LogP contribution >= 0.6 is 0 Å². The normalized spacial score (nSPS) is 15.0. The van der Waals surface area contributed by atoms with Gasteiger partial charge in [-0.25, -0.2) is 4.98 Å². The van der Waals surface area contributed by atoms with Crippen molar-refractivity contribution in [3.63, 3.8) is 0 Å². The van der Waals surface area contributed by atoms with Gasteiger partial charge < -0.3 is 14.8 Å². The maximum Gasteiger partial charge on any atom is 0.242 e. The van der Waals surface area contributed by atoms with Gasteiger partial charge in [-0.05, 0) is 31.4 Å². The lowest BCUT2D eigenvalue weighted by Crippen LogP contribution is -2.40. The molecule has 0 bridgehead atoms. The molecule has 1 aliphatic carbocycles. The minimum atomic E-state index is -0.00693. The number of carbonyl (C=O) groups excluding carboxylic acids is 2. The number of fused-ring (bicyclic) bond motifs is 1. The van der Waals surface area contributed by atoms with Crippen molar-refractivity contribution in [2.45, 2.75) is 71.4 Å². The van der Waals surface area contributed by atoms with Gasteiger partial charge in [0.25, 0.3) is 0 Å². The number of likely N-dealkylation sites (N-methyl/N-ethyl adjacent to an activating group) is 1. The van der Waals surface area contributed by atoms with Crippen LogP contribution in [0, 0.1) is 5.92 Å². The van der Waals surface area contributed by atoms with E-state index >= 15 is 0 Å². The second-order valence-corrected chi connectivity index (χ2v) is 8.45. The molecule has 29 heavy (non-hydrogen) atoms. The molecule has 0 spiro atoms. The molecule has 0 aliphatic heterocycles. The first-order valence-corrected chi connectivity index (χ1v) is 10.9. The summed E-state index contributed by atoms with van der Waals surface area (Å²) in [6.07, 6.45) is 7.45. The van der Waals surface area contributed by atoms with Crippen LogP contribution < -0.4 is 5.32 Å². The molecule has 2 aromatic rings. The molecule has 1 N–H and O–H groups in total. The molecule has 0 atom stereocenters. The van der Waals surface area contributed by atoms with E-state index in [1.54, 1.807) is 0 Å². The molecular formula is C23H34N4O2. The molecule has 1 saturated carbocycles. The van der Waals surface area contributed by atoms with E-state index in [-0.39, 0.29) is 17.7 Å². The molecule has 0 unspecified atom stereocenters. The number of nitrogens with zero attached hydrogens (tertiary/aromatic N) is 3. The van der Waals surface area contributed by atoms with Gasteiger partial charge in [0, 0.05) is 32.0 Å². The van der Waals surface area contributed by atoms with Crippen LogP contribution in [0.25, 0.3) is 11.0 Å². The monoisotopic (exact) mass is 398 g/mol. The van der Waals surface area contributed by atoms with Gasteiger partial charge in [0.2, 0.25) is 11.8 Å². The van der Waals surface area contributed by atoms with Crippen molar-refractivity contribution < 1.29 is 9.59 Å². The highest BCUT2D eigenvalue weighted by atomic mass is 16.2. The standard InChI is InChI=1S/C23H34N4O2/c1-17(2)23(29)24-15-9-14-21-25-19-12-7-8-13-20(19)27(21)16-22(28)26(3)18-10-5-4-6-11-18/h7-8,12-13,17-18H,4-6,9-11,14-16H2,1-3H3,(H,24,29). The summed E-state index contributed by atoms with van der Waals surface area (Å²) in [5, 5.41) is 2.96. The third kappa shape index (κ3) is 5.37. The van der Waals surface area contributed by atoms with E-state index in [0.717, 1.165) is 42.5 Å². The van der Waals surface area contributed by atoms with Crippen LogP contribution in [0.5, 0.6) is 0 Å². The summed E-state index contributed by atoms with van der Waals surface area (Å²) in [5.74, 6) is 1.13. The Kier molecular flexibility index (Phi) is 7.29. The maximum atomic E-state index is 13.0. The number of amides is 2. The number of benzene rings is 1. The number of para-hydroxylation sites is 2. The molecule has 3 rings (SSSR count). The van der Waals surface area contributed by atoms with E-state index in [4.69, 9.17) is 4.98 Å². The van der Waals surface area contributed by atoms with Crippen molar-refractivity contribution in [2.24, 2.45) is 5.92 Å². The van der Waals surface area contributed by atoms with Crippen molar-refractivity contribution >= 4 is 22.8 Å². The fraction of sp³-hybridized carbons (Fsp3) is 0.609. The number of carbonyl (C=O) groups is 2. The summed E-state index contributed by atoms with van der Waals surface area (Å²) < 4.78 is 2.06. The highest BCUT2D eigenvalue weighted by molar-refractivity contribution is 5.81. The first-order chi connectivity index (χ1) is 14.0. The van der Waals surface area contributed by atoms with Crippen LogP contribution in [0.1, 0.15) is 58.2 Å². The van der Waals surface area contributed by atoms with Crippen molar-refractivity contribution in [3.05, 3.63) is 30.1 Å². The number of hydrogen-bond acceptors (Lipinski definition) is 3. The van der Waals surface area contributed by atoms with E-state index in [9.17, 15) is 9.59 Å². The molecule has 1 fully saturated rings. The van der Waals surface area contributed by atoms with Gasteiger partial charge in [0.1, 0.15) is 12.4 Å². The Bertz CT molecular complexity index is 837. The average molecular weight is 399 g/mol. The molecule has 2 amide bonds. The van der Waals surface area contributed by atoms with Crippen molar-refractivity contribution in [1.82, 2.24) is 19.8 Å². The van der Waals surface area contributed by atoms with Gasteiger partial charge in [-0.1, -0.05) is 45.2 Å². The van der Waals surface area contributed by atoms with Crippen LogP contribution in [0.2, 0.25) is 0 Å². The molecule has 6 nitrogen and oxygen atoms in total. The third-order valence-corrected chi connectivity index (χ3v) is 5.94. The van der Waals surface area contributed by atoms with Gasteiger partial charge >= 0.3 is 0 Å². The number of hydrogen-bond donors (Lipinski definition) is 1. The van der Waals surface area contributed by atoms with E-state index in [0.29, 0.717) is 19.1 Å². The van der Waals surface area contributed by atoms with E-state index in [2.05, 4.69) is 9.88 Å². The second kappa shape index (κ2) is 9.90. The number of aromatic nitrogens is 2. The molecular weight excluding hydrogens is 364 g/mol. The van der Waals surface area contributed by atoms with Crippen molar-refractivity contribution in [1.29, 1.82) is 0 Å². The summed E-state index contributed by atoms with van der Waals surface area (Å²) >= 11 is 0. The molecule has 158 valence electrons. The summed E-state index contributed by atoms with van der Waals surface area (Å²) in [6, 6.07) is 8.34. The Labute approximate surface area is 173 Å². The minimum absolute atomic E-state index is 0.00693. The number of nitrogens with one attached hydrogen (secondary N) is 1. The first kappa shape index (κ1) is 21.3. The Morgan fingerprint density at radius 3 is 2.66 bits per heavy atom. The Morgan fingerprint density at radius 1 is 1.21 bits per heavy atom. The van der Waals surface area contributed by atoms with Gasteiger partial charge in [-0.15, -0.1) is 0 Å². The summed E-state index contributed by atoms with van der Waals surface area (Å²) in [7, 11) is 1.94. The van der Waals surface area contributed by atoms with Crippen LogP contribution in [0.15, 0.2) is 24.3 Å². The predicted octanol–water partition coefficient (Wildman–Crippen LogP) is 3.53. The molecule has 6 heteroatoms. The average Bonchev–Trinajstić information content (AvgIpc) is 3.08. The highest BCUT2D eigenvalue weighted by Crippen LogP contribution is 2.23. The minimum Gasteiger partial charge on any atom is -0.356 e. The lowest BCUT2D eigenvalue weighted by Gasteiger charge is -2.31. The summed E-state index contributed by atoms with van der Waals surface area (Å²) in [5.41, 5.74) is 1.92. The fourth-order valence-corrected chi connectivity index (χ4v) is 4.07. The van der Waals surface area contributed by atoms with Crippen LogP contribution in [-0.4, -0.2) is 45.9 Å². The lowest BCUT2D eigenvalue weighted by atomic mass is 9.94. The molecule has 0 saturated heterocycles. The molecule has 1 aromatic heterocycles. The van der Waals surface area contributed by atoms with Crippen molar-refractivity contribution in [3.8, 4) is 0 Å². The Balaban J connectivity index is 1.69. The van der Waals surface area contributed by atoms with Crippen LogP contribution in [0.3, 0.4) is 0 Å². The molecule has 1 heterocycles. The fourth-order valence-electron chi connectivity index (χ4n) is 4.07. The second-order valence-electron chi connectivity index (χ2n) is 8.45. The van der Waals surface area contributed by atoms with Crippen LogP contribution in [-0.2, 0) is 22.6 Å². The molecule has 1 aliphatic rings. The Hall–Kier alpha value is -2.37. The summed E-state index contributed by atoms with van der Waals surface area (Å²) in [4.78, 5) is 31.5.